The minimum Gasteiger partial charge on any atom is -0.366 e. The third-order valence-electron chi connectivity index (χ3n) is 3.18. The highest BCUT2D eigenvalue weighted by atomic mass is 16.6. The molecule has 1 saturated heterocycles. The monoisotopic (exact) mass is 154 g/mol. The summed E-state index contributed by atoms with van der Waals surface area (Å²) in [6.45, 7) is 2.26. The second-order valence-electron chi connectivity index (χ2n) is 4.02. The molecule has 0 spiro atoms. The molecule has 0 radical (unpaired) electrons. The van der Waals surface area contributed by atoms with Crippen molar-refractivity contribution in [3.8, 4) is 0 Å². The molecule has 0 amide bonds. The topological polar surface area (TPSA) is 12.5 Å². The fraction of sp³-hybridized carbons (Fsp3) is 1.00. The molecule has 2 atom stereocenters. The number of fused-ring (bicyclic) bond motifs is 1. The highest BCUT2D eigenvalue weighted by Gasteiger charge is 2.55. The lowest BCUT2D eigenvalue weighted by Gasteiger charge is -2.16. The summed E-state index contributed by atoms with van der Waals surface area (Å²) in [5.74, 6) is 0. The first kappa shape index (κ1) is 7.60. The SMILES string of the molecule is CCCC[C@@]12CCCC[C@H]1O2. The Bertz CT molecular complexity index is 144. The molecule has 1 aliphatic heterocycles. The largest absolute Gasteiger partial charge is 0.366 e. The summed E-state index contributed by atoms with van der Waals surface area (Å²) in [5.41, 5.74) is 0.397. The molecule has 0 aromatic heterocycles. The van der Waals surface area contributed by atoms with E-state index in [0.29, 0.717) is 11.7 Å². The Hall–Kier alpha value is -0.0400. The van der Waals surface area contributed by atoms with Crippen LogP contribution in [0.15, 0.2) is 0 Å². The van der Waals surface area contributed by atoms with E-state index in [9.17, 15) is 0 Å². The molecule has 2 rings (SSSR count). The quantitative estimate of drug-likeness (QED) is 0.569. The first-order valence-electron chi connectivity index (χ1n) is 5.05. The molecule has 64 valence electrons. The van der Waals surface area contributed by atoms with E-state index >= 15 is 0 Å². The van der Waals surface area contributed by atoms with E-state index in [-0.39, 0.29) is 0 Å². The average Bonchev–Trinajstić information content (AvgIpc) is 2.75. The van der Waals surface area contributed by atoms with Crippen LogP contribution in [0.3, 0.4) is 0 Å². The van der Waals surface area contributed by atoms with Crippen LogP contribution in [0.2, 0.25) is 0 Å². The van der Waals surface area contributed by atoms with Gasteiger partial charge in [0.15, 0.2) is 0 Å². The Morgan fingerprint density at radius 2 is 2.36 bits per heavy atom. The van der Waals surface area contributed by atoms with E-state index in [1.54, 1.807) is 0 Å². The second kappa shape index (κ2) is 2.78. The van der Waals surface area contributed by atoms with Crippen molar-refractivity contribution in [3.63, 3.8) is 0 Å². The van der Waals surface area contributed by atoms with Gasteiger partial charge in [0.2, 0.25) is 0 Å². The first-order valence-corrected chi connectivity index (χ1v) is 5.05. The molecule has 1 saturated carbocycles. The summed E-state index contributed by atoms with van der Waals surface area (Å²) in [6, 6.07) is 0. The van der Waals surface area contributed by atoms with Gasteiger partial charge in [-0.2, -0.15) is 0 Å². The zero-order chi connectivity index (χ0) is 7.73. The van der Waals surface area contributed by atoms with E-state index in [0.717, 1.165) is 0 Å². The predicted molar refractivity (Wildman–Crippen MR) is 45.6 cm³/mol. The molecule has 2 fully saturated rings. The van der Waals surface area contributed by atoms with Gasteiger partial charge >= 0.3 is 0 Å². The zero-order valence-corrected chi connectivity index (χ0v) is 7.44. The molecule has 0 N–H and O–H groups in total. The van der Waals surface area contributed by atoms with Crippen LogP contribution < -0.4 is 0 Å². The Balaban J connectivity index is 1.82. The summed E-state index contributed by atoms with van der Waals surface area (Å²) < 4.78 is 5.77. The fourth-order valence-electron chi connectivity index (χ4n) is 2.37. The number of ether oxygens (including phenoxy) is 1. The molecular formula is C10H18O. The maximum atomic E-state index is 5.77. The first-order chi connectivity index (χ1) is 5.37. The van der Waals surface area contributed by atoms with Gasteiger partial charge in [-0.25, -0.2) is 0 Å². The number of epoxide rings is 1. The van der Waals surface area contributed by atoms with Crippen molar-refractivity contribution >= 4 is 0 Å². The molecule has 1 aliphatic carbocycles. The van der Waals surface area contributed by atoms with Crippen molar-refractivity contribution in [3.05, 3.63) is 0 Å². The Morgan fingerprint density at radius 1 is 1.45 bits per heavy atom. The molecule has 11 heavy (non-hydrogen) atoms. The lowest BCUT2D eigenvalue weighted by Crippen LogP contribution is -2.18. The van der Waals surface area contributed by atoms with Gasteiger partial charge in [-0.15, -0.1) is 0 Å². The van der Waals surface area contributed by atoms with Gasteiger partial charge in [-0.3, -0.25) is 0 Å². The number of rotatable bonds is 3. The summed E-state index contributed by atoms with van der Waals surface area (Å²) in [6.07, 6.45) is 10.2. The molecule has 1 nitrogen and oxygen atoms in total. The predicted octanol–water partition coefficient (Wildman–Crippen LogP) is 2.89. The fourth-order valence-corrected chi connectivity index (χ4v) is 2.37. The van der Waals surface area contributed by atoms with Crippen LogP contribution in [0.4, 0.5) is 0 Å². The van der Waals surface area contributed by atoms with Crippen molar-refractivity contribution in [1.29, 1.82) is 0 Å². The standard InChI is InChI=1S/C10H18O/c1-2-3-7-10-8-5-4-6-9(10)11-10/h9H,2-8H2,1H3/t9-,10-/m1/s1. The van der Waals surface area contributed by atoms with Crippen LogP contribution in [-0.4, -0.2) is 11.7 Å². The van der Waals surface area contributed by atoms with Gasteiger partial charge in [-0.1, -0.05) is 32.6 Å². The van der Waals surface area contributed by atoms with Crippen LogP contribution in [-0.2, 0) is 4.74 Å². The van der Waals surface area contributed by atoms with Crippen LogP contribution in [0, 0.1) is 0 Å². The second-order valence-corrected chi connectivity index (χ2v) is 4.02. The van der Waals surface area contributed by atoms with E-state index in [4.69, 9.17) is 4.74 Å². The summed E-state index contributed by atoms with van der Waals surface area (Å²) in [4.78, 5) is 0. The van der Waals surface area contributed by atoms with Crippen LogP contribution >= 0.6 is 0 Å². The van der Waals surface area contributed by atoms with E-state index < -0.39 is 0 Å². The van der Waals surface area contributed by atoms with Crippen LogP contribution in [0.1, 0.15) is 51.9 Å². The molecule has 0 bridgehead atoms. The highest BCUT2D eigenvalue weighted by Crippen LogP contribution is 2.50. The van der Waals surface area contributed by atoms with Gasteiger partial charge < -0.3 is 4.74 Å². The maximum Gasteiger partial charge on any atom is 0.0948 e. The Labute approximate surface area is 69.1 Å². The molecule has 0 aromatic carbocycles. The third kappa shape index (κ3) is 1.31. The minimum atomic E-state index is 0.397. The third-order valence-corrected chi connectivity index (χ3v) is 3.18. The molecule has 1 heteroatoms. The van der Waals surface area contributed by atoms with E-state index in [1.165, 1.54) is 44.9 Å². The molecule has 0 aromatic rings. The lowest BCUT2D eigenvalue weighted by atomic mass is 9.85. The Kier molecular flexibility index (Phi) is 1.92. The normalized spacial score (nSPS) is 41.7. The van der Waals surface area contributed by atoms with Gasteiger partial charge in [-0.05, 0) is 19.3 Å². The Morgan fingerprint density at radius 3 is 3.09 bits per heavy atom. The van der Waals surface area contributed by atoms with Crippen LogP contribution in [0.5, 0.6) is 0 Å². The van der Waals surface area contributed by atoms with E-state index in [2.05, 4.69) is 6.92 Å². The van der Waals surface area contributed by atoms with Crippen molar-refractivity contribution in [1.82, 2.24) is 0 Å². The highest BCUT2D eigenvalue weighted by molar-refractivity contribution is 5.04. The van der Waals surface area contributed by atoms with Crippen LogP contribution in [0.25, 0.3) is 0 Å². The average molecular weight is 154 g/mol. The van der Waals surface area contributed by atoms with Gasteiger partial charge in [0.05, 0.1) is 11.7 Å². The number of unbranched alkanes of at least 4 members (excludes halogenated alkanes) is 1. The maximum absolute atomic E-state index is 5.77. The number of hydrogen-bond donors (Lipinski definition) is 0. The summed E-state index contributed by atoms with van der Waals surface area (Å²) in [5, 5.41) is 0. The minimum absolute atomic E-state index is 0.397. The molecule has 2 aliphatic rings. The molecule has 1 heterocycles. The van der Waals surface area contributed by atoms with Crippen molar-refractivity contribution < 1.29 is 4.74 Å². The zero-order valence-electron chi connectivity index (χ0n) is 7.44. The summed E-state index contributed by atoms with van der Waals surface area (Å²) in [7, 11) is 0. The molecule has 0 unspecified atom stereocenters. The number of hydrogen-bond acceptors (Lipinski definition) is 1. The smallest absolute Gasteiger partial charge is 0.0948 e. The van der Waals surface area contributed by atoms with Crippen molar-refractivity contribution in [2.45, 2.75) is 63.6 Å². The summed E-state index contributed by atoms with van der Waals surface area (Å²) >= 11 is 0. The lowest BCUT2D eigenvalue weighted by molar-refractivity contribution is 0.266. The van der Waals surface area contributed by atoms with E-state index in [1.807, 2.05) is 0 Å². The van der Waals surface area contributed by atoms with Gasteiger partial charge in [0, 0.05) is 0 Å². The van der Waals surface area contributed by atoms with Gasteiger partial charge in [0.25, 0.3) is 0 Å². The van der Waals surface area contributed by atoms with Crippen molar-refractivity contribution in [2.75, 3.05) is 0 Å². The van der Waals surface area contributed by atoms with Gasteiger partial charge in [0.1, 0.15) is 0 Å². The van der Waals surface area contributed by atoms with Crippen molar-refractivity contribution in [2.24, 2.45) is 0 Å². The molecular weight excluding hydrogens is 136 g/mol.